The van der Waals surface area contributed by atoms with Gasteiger partial charge in [-0.25, -0.2) is 12.7 Å². The number of hydrogen-bond donors (Lipinski definition) is 1. The zero-order chi connectivity index (χ0) is 19.3. The maximum atomic E-state index is 12.8. The predicted molar refractivity (Wildman–Crippen MR) is 110 cm³/mol. The average molecular weight is 405 g/mol. The summed E-state index contributed by atoms with van der Waals surface area (Å²) >= 11 is 1.57. The number of sulfonamides is 1. The van der Waals surface area contributed by atoms with E-state index in [1.807, 2.05) is 60.9 Å². The van der Waals surface area contributed by atoms with Crippen molar-refractivity contribution >= 4 is 33.4 Å². The summed E-state index contributed by atoms with van der Waals surface area (Å²) in [6.07, 6.45) is 3.35. The molecule has 1 N–H and O–H groups in total. The van der Waals surface area contributed by atoms with Crippen molar-refractivity contribution in [3.63, 3.8) is 0 Å². The first-order valence-corrected chi connectivity index (χ1v) is 11.8. The molecule has 144 valence electrons. The number of rotatable bonds is 6. The maximum Gasteiger partial charge on any atom is 0.228 e. The molecule has 1 atom stereocenters. The minimum Gasteiger partial charge on any atom is -0.325 e. The van der Waals surface area contributed by atoms with Gasteiger partial charge in [-0.2, -0.15) is 0 Å². The summed E-state index contributed by atoms with van der Waals surface area (Å²) in [6.45, 7) is 0.711. The summed E-state index contributed by atoms with van der Waals surface area (Å²) in [5.41, 5.74) is 1.54. The van der Waals surface area contributed by atoms with Crippen LogP contribution in [0.15, 0.2) is 59.5 Å². The van der Waals surface area contributed by atoms with E-state index in [0.717, 1.165) is 16.1 Å². The molecule has 0 unspecified atom stereocenters. The Morgan fingerprint density at radius 1 is 1.15 bits per heavy atom. The molecule has 1 aliphatic rings. The fourth-order valence-electron chi connectivity index (χ4n) is 3.27. The van der Waals surface area contributed by atoms with E-state index in [9.17, 15) is 13.2 Å². The zero-order valence-electron chi connectivity index (χ0n) is 15.3. The molecule has 2 aromatic carbocycles. The van der Waals surface area contributed by atoms with Gasteiger partial charge in [0, 0.05) is 18.0 Å². The van der Waals surface area contributed by atoms with Gasteiger partial charge in [0.1, 0.15) is 0 Å². The van der Waals surface area contributed by atoms with E-state index < -0.39 is 10.0 Å². The number of piperidine rings is 1. The van der Waals surface area contributed by atoms with Crippen LogP contribution < -0.4 is 5.32 Å². The molecule has 1 aliphatic heterocycles. The molecule has 0 aromatic heterocycles. The van der Waals surface area contributed by atoms with Gasteiger partial charge < -0.3 is 5.32 Å². The van der Waals surface area contributed by atoms with Crippen molar-refractivity contribution in [2.75, 3.05) is 24.7 Å². The number of hydrogen-bond acceptors (Lipinski definition) is 4. The summed E-state index contributed by atoms with van der Waals surface area (Å²) in [6, 6.07) is 16.8. The Kier molecular flexibility index (Phi) is 6.57. The molecule has 0 aliphatic carbocycles. The number of thioether (sulfide) groups is 1. The van der Waals surface area contributed by atoms with Crippen LogP contribution in [0.3, 0.4) is 0 Å². The highest BCUT2D eigenvalue weighted by Gasteiger charge is 2.32. The van der Waals surface area contributed by atoms with Gasteiger partial charge in [-0.15, -0.1) is 11.8 Å². The van der Waals surface area contributed by atoms with Crippen molar-refractivity contribution in [1.29, 1.82) is 0 Å². The smallest absolute Gasteiger partial charge is 0.228 e. The largest absolute Gasteiger partial charge is 0.325 e. The highest BCUT2D eigenvalue weighted by molar-refractivity contribution is 7.98. The summed E-state index contributed by atoms with van der Waals surface area (Å²) in [7, 11) is -3.44. The number of carbonyl (C=O) groups is 1. The van der Waals surface area contributed by atoms with E-state index in [1.54, 1.807) is 11.8 Å². The van der Waals surface area contributed by atoms with Crippen LogP contribution in [0.25, 0.3) is 0 Å². The second-order valence-corrected chi connectivity index (χ2v) is 9.45. The minimum absolute atomic E-state index is 0.0303. The molecule has 0 bridgehead atoms. The monoisotopic (exact) mass is 404 g/mol. The number of para-hydroxylation sites is 1. The SMILES string of the molecule is CSc1ccccc1NC(=O)[C@H]1CCCN(S(=O)(=O)Cc2ccccc2)C1. The molecule has 1 heterocycles. The molecule has 0 radical (unpaired) electrons. The van der Waals surface area contributed by atoms with E-state index in [2.05, 4.69) is 5.32 Å². The maximum absolute atomic E-state index is 12.8. The van der Waals surface area contributed by atoms with Gasteiger partial charge in [0.15, 0.2) is 0 Å². The highest BCUT2D eigenvalue weighted by Crippen LogP contribution is 2.27. The highest BCUT2D eigenvalue weighted by atomic mass is 32.2. The number of benzene rings is 2. The Labute approximate surface area is 165 Å². The Morgan fingerprint density at radius 2 is 1.85 bits per heavy atom. The summed E-state index contributed by atoms with van der Waals surface area (Å²) in [5.74, 6) is -0.479. The summed E-state index contributed by atoms with van der Waals surface area (Å²) in [5, 5.41) is 2.97. The predicted octanol–water partition coefficient (Wildman–Crippen LogP) is 3.59. The number of carbonyl (C=O) groups excluding carboxylic acids is 1. The Bertz CT molecular complexity index is 885. The van der Waals surface area contributed by atoms with Crippen LogP contribution in [0.1, 0.15) is 18.4 Å². The van der Waals surface area contributed by atoms with Crippen molar-refractivity contribution in [3.05, 3.63) is 60.2 Å². The van der Waals surface area contributed by atoms with E-state index in [4.69, 9.17) is 0 Å². The second-order valence-electron chi connectivity index (χ2n) is 6.63. The molecule has 27 heavy (non-hydrogen) atoms. The van der Waals surface area contributed by atoms with Gasteiger partial charge in [-0.1, -0.05) is 42.5 Å². The van der Waals surface area contributed by atoms with Crippen LogP contribution in [0, 0.1) is 5.92 Å². The fourth-order valence-corrected chi connectivity index (χ4v) is 5.43. The molecule has 0 spiro atoms. The summed E-state index contributed by atoms with van der Waals surface area (Å²) in [4.78, 5) is 13.7. The Morgan fingerprint density at radius 3 is 2.59 bits per heavy atom. The third-order valence-corrected chi connectivity index (χ3v) is 7.32. The number of anilines is 1. The van der Waals surface area contributed by atoms with Gasteiger partial charge >= 0.3 is 0 Å². The van der Waals surface area contributed by atoms with Crippen LogP contribution >= 0.6 is 11.8 Å². The van der Waals surface area contributed by atoms with Crippen LogP contribution in [0.4, 0.5) is 5.69 Å². The average Bonchev–Trinajstić information content (AvgIpc) is 2.69. The fraction of sp³-hybridized carbons (Fsp3) is 0.350. The molecule has 1 saturated heterocycles. The first-order valence-electron chi connectivity index (χ1n) is 8.95. The van der Waals surface area contributed by atoms with Crippen LogP contribution in [0.5, 0.6) is 0 Å². The third kappa shape index (κ3) is 5.12. The molecular formula is C20H24N2O3S2. The zero-order valence-corrected chi connectivity index (χ0v) is 16.9. The van der Waals surface area contributed by atoms with Crippen molar-refractivity contribution in [2.45, 2.75) is 23.5 Å². The van der Waals surface area contributed by atoms with Gasteiger partial charge in [0.25, 0.3) is 0 Å². The first-order chi connectivity index (χ1) is 13.0. The molecule has 3 rings (SSSR count). The van der Waals surface area contributed by atoms with Crippen LogP contribution in [-0.2, 0) is 20.6 Å². The van der Waals surface area contributed by atoms with Gasteiger partial charge in [0.2, 0.25) is 15.9 Å². The van der Waals surface area contributed by atoms with E-state index in [0.29, 0.717) is 19.4 Å². The van der Waals surface area contributed by atoms with Gasteiger partial charge in [0.05, 0.1) is 17.4 Å². The normalized spacial score (nSPS) is 18.2. The summed E-state index contributed by atoms with van der Waals surface area (Å²) < 4.78 is 27.0. The Balaban J connectivity index is 1.67. The van der Waals surface area contributed by atoms with Gasteiger partial charge in [-0.3, -0.25) is 4.79 Å². The van der Waals surface area contributed by atoms with E-state index in [-0.39, 0.29) is 24.1 Å². The lowest BCUT2D eigenvalue weighted by molar-refractivity contribution is -0.120. The second kappa shape index (κ2) is 8.91. The number of nitrogens with one attached hydrogen (secondary N) is 1. The molecule has 0 saturated carbocycles. The topological polar surface area (TPSA) is 66.5 Å². The van der Waals surface area contributed by atoms with Crippen molar-refractivity contribution < 1.29 is 13.2 Å². The Hall–Kier alpha value is -1.83. The third-order valence-electron chi connectivity index (χ3n) is 4.71. The molecular weight excluding hydrogens is 380 g/mol. The first kappa shape index (κ1) is 19.9. The molecule has 7 heteroatoms. The molecule has 5 nitrogen and oxygen atoms in total. The lowest BCUT2D eigenvalue weighted by atomic mass is 9.99. The van der Waals surface area contributed by atoms with Crippen LogP contribution in [-0.4, -0.2) is 38.0 Å². The quantitative estimate of drug-likeness (QED) is 0.747. The number of nitrogens with zero attached hydrogens (tertiary/aromatic N) is 1. The number of amides is 1. The standard InChI is InChI=1S/C20H24N2O3S2/c1-26-19-12-6-5-11-18(19)21-20(23)17-10-7-13-22(14-17)27(24,25)15-16-8-3-2-4-9-16/h2-6,8-9,11-12,17H,7,10,13-15H2,1H3,(H,21,23)/t17-/m0/s1. The lowest BCUT2D eigenvalue weighted by Gasteiger charge is -2.31. The lowest BCUT2D eigenvalue weighted by Crippen LogP contribution is -2.44. The van der Waals surface area contributed by atoms with E-state index >= 15 is 0 Å². The van der Waals surface area contributed by atoms with Crippen LogP contribution in [0.2, 0.25) is 0 Å². The molecule has 1 fully saturated rings. The van der Waals surface area contributed by atoms with Crippen molar-refractivity contribution in [1.82, 2.24) is 4.31 Å². The van der Waals surface area contributed by atoms with Crippen molar-refractivity contribution in [2.24, 2.45) is 5.92 Å². The molecule has 2 aromatic rings. The minimum atomic E-state index is -3.44. The van der Waals surface area contributed by atoms with Crippen molar-refractivity contribution in [3.8, 4) is 0 Å². The molecule has 1 amide bonds. The van der Waals surface area contributed by atoms with Gasteiger partial charge in [-0.05, 0) is 36.8 Å². The van der Waals surface area contributed by atoms with E-state index in [1.165, 1.54) is 4.31 Å².